The van der Waals surface area contributed by atoms with Gasteiger partial charge < -0.3 is 10.2 Å². The molecule has 0 bridgehead atoms. The Morgan fingerprint density at radius 2 is 2.05 bits per heavy atom. The Bertz CT molecular complexity index is 482. The fourth-order valence-electron chi connectivity index (χ4n) is 3.63. The minimum Gasteiger partial charge on any atom is -0.336 e. The Morgan fingerprint density at radius 3 is 2.73 bits per heavy atom. The summed E-state index contributed by atoms with van der Waals surface area (Å²) in [6.45, 7) is 5.25. The van der Waals surface area contributed by atoms with Gasteiger partial charge in [-0.05, 0) is 57.2 Å². The molecule has 1 amide bonds. The maximum absolute atomic E-state index is 12.6. The summed E-state index contributed by atoms with van der Waals surface area (Å²) in [5.74, 6) is 1.05. The third-order valence-corrected chi connectivity index (χ3v) is 4.96. The predicted molar refractivity (Wildman–Crippen MR) is 92.3 cm³/mol. The molecular formula is C18H27ClN2O. The van der Waals surface area contributed by atoms with E-state index >= 15 is 0 Å². The van der Waals surface area contributed by atoms with Gasteiger partial charge in [-0.3, -0.25) is 4.79 Å². The molecular weight excluding hydrogens is 296 g/mol. The lowest BCUT2D eigenvalue weighted by molar-refractivity contribution is -0.132. The smallest absolute Gasteiger partial charge is 0.223 e. The molecule has 1 aromatic rings. The van der Waals surface area contributed by atoms with Crippen LogP contribution in [0.3, 0.4) is 0 Å². The van der Waals surface area contributed by atoms with E-state index in [9.17, 15) is 4.79 Å². The first-order valence-electron chi connectivity index (χ1n) is 8.31. The van der Waals surface area contributed by atoms with Crippen molar-refractivity contribution in [2.45, 2.75) is 45.1 Å². The number of carbonyl (C=O) groups excluding carboxylic acids is 1. The molecule has 2 saturated heterocycles. The van der Waals surface area contributed by atoms with E-state index in [1.807, 2.05) is 0 Å². The van der Waals surface area contributed by atoms with E-state index in [1.165, 1.54) is 17.5 Å². The van der Waals surface area contributed by atoms with Crippen molar-refractivity contribution in [2.24, 2.45) is 5.92 Å². The zero-order valence-corrected chi connectivity index (χ0v) is 14.2. The molecule has 22 heavy (non-hydrogen) atoms. The van der Waals surface area contributed by atoms with Gasteiger partial charge in [-0.1, -0.05) is 29.8 Å². The lowest BCUT2D eigenvalue weighted by Gasteiger charge is -2.26. The number of nitrogens with zero attached hydrogens (tertiary/aromatic N) is 1. The van der Waals surface area contributed by atoms with Crippen LogP contribution >= 0.6 is 12.4 Å². The molecule has 2 aliphatic heterocycles. The number of rotatable bonds is 4. The second kappa shape index (κ2) is 7.98. The molecule has 0 spiro atoms. The first-order valence-corrected chi connectivity index (χ1v) is 8.31. The van der Waals surface area contributed by atoms with Crippen molar-refractivity contribution in [3.8, 4) is 0 Å². The number of likely N-dealkylation sites (tertiary alicyclic amines) is 1. The Kier molecular flexibility index (Phi) is 6.27. The highest BCUT2D eigenvalue weighted by Crippen LogP contribution is 2.33. The predicted octanol–water partition coefficient (Wildman–Crippen LogP) is 3.47. The highest BCUT2D eigenvalue weighted by molar-refractivity contribution is 5.85. The van der Waals surface area contributed by atoms with Crippen molar-refractivity contribution in [2.75, 3.05) is 19.6 Å². The molecule has 122 valence electrons. The van der Waals surface area contributed by atoms with Gasteiger partial charge >= 0.3 is 0 Å². The minimum absolute atomic E-state index is 0. The van der Waals surface area contributed by atoms with Crippen LogP contribution in [0.15, 0.2) is 24.3 Å². The first-order chi connectivity index (χ1) is 10.2. The van der Waals surface area contributed by atoms with Crippen LogP contribution in [0.4, 0.5) is 0 Å². The summed E-state index contributed by atoms with van der Waals surface area (Å²) in [6, 6.07) is 8.99. The average molecular weight is 323 g/mol. The van der Waals surface area contributed by atoms with Crippen LogP contribution in [0, 0.1) is 12.8 Å². The fourth-order valence-corrected chi connectivity index (χ4v) is 3.63. The van der Waals surface area contributed by atoms with E-state index < -0.39 is 0 Å². The van der Waals surface area contributed by atoms with Crippen LogP contribution in [0.25, 0.3) is 0 Å². The average Bonchev–Trinajstić information content (AvgIpc) is 3.17. The second-order valence-corrected chi connectivity index (χ2v) is 6.55. The van der Waals surface area contributed by atoms with Gasteiger partial charge in [0.05, 0.1) is 6.04 Å². The van der Waals surface area contributed by atoms with Crippen LogP contribution in [0.2, 0.25) is 0 Å². The summed E-state index contributed by atoms with van der Waals surface area (Å²) in [5, 5.41) is 3.38. The Hall–Kier alpha value is -1.06. The number of hydrogen-bond donors (Lipinski definition) is 1. The molecule has 0 aliphatic carbocycles. The highest BCUT2D eigenvalue weighted by Gasteiger charge is 2.30. The van der Waals surface area contributed by atoms with Crippen LogP contribution in [-0.4, -0.2) is 30.4 Å². The van der Waals surface area contributed by atoms with Crippen molar-refractivity contribution in [1.29, 1.82) is 0 Å². The van der Waals surface area contributed by atoms with E-state index in [0.29, 0.717) is 24.3 Å². The molecule has 2 fully saturated rings. The van der Waals surface area contributed by atoms with Gasteiger partial charge in [-0.2, -0.15) is 0 Å². The zero-order chi connectivity index (χ0) is 14.7. The molecule has 1 aromatic carbocycles. The van der Waals surface area contributed by atoms with Gasteiger partial charge in [-0.25, -0.2) is 0 Å². The molecule has 1 N–H and O–H groups in total. The molecule has 2 unspecified atom stereocenters. The summed E-state index contributed by atoms with van der Waals surface area (Å²) < 4.78 is 0. The van der Waals surface area contributed by atoms with Gasteiger partial charge in [0.15, 0.2) is 0 Å². The molecule has 2 heterocycles. The van der Waals surface area contributed by atoms with E-state index in [2.05, 4.69) is 41.4 Å². The lowest BCUT2D eigenvalue weighted by atomic mass is 10.0. The van der Waals surface area contributed by atoms with Crippen molar-refractivity contribution >= 4 is 18.3 Å². The SMILES string of the molecule is Cc1ccc(C2CCCN2C(=O)CCC2CCNC2)cc1.Cl. The number of carbonyl (C=O) groups is 1. The van der Waals surface area contributed by atoms with Gasteiger partial charge in [0.1, 0.15) is 0 Å². The molecule has 4 heteroatoms. The number of aryl methyl sites for hydroxylation is 1. The molecule has 2 aliphatic rings. The normalized spacial score (nSPS) is 24.3. The summed E-state index contributed by atoms with van der Waals surface area (Å²) >= 11 is 0. The number of amides is 1. The zero-order valence-electron chi connectivity index (χ0n) is 13.4. The Balaban J connectivity index is 0.00000176. The highest BCUT2D eigenvalue weighted by atomic mass is 35.5. The van der Waals surface area contributed by atoms with Crippen molar-refractivity contribution in [3.63, 3.8) is 0 Å². The maximum Gasteiger partial charge on any atom is 0.223 e. The van der Waals surface area contributed by atoms with Gasteiger partial charge in [-0.15, -0.1) is 12.4 Å². The molecule has 2 atom stereocenters. The molecule has 0 aromatic heterocycles. The van der Waals surface area contributed by atoms with Crippen LogP contribution in [0.1, 0.15) is 49.3 Å². The number of hydrogen-bond acceptors (Lipinski definition) is 2. The standard InChI is InChI=1S/C18H26N2O.ClH/c1-14-4-7-16(8-5-14)17-3-2-12-20(17)18(21)9-6-15-10-11-19-13-15;/h4-5,7-8,15,17,19H,2-3,6,9-13H2,1H3;1H. The fraction of sp³-hybridized carbons (Fsp3) is 0.611. The summed E-state index contributed by atoms with van der Waals surface area (Å²) in [4.78, 5) is 14.7. The third-order valence-electron chi connectivity index (χ3n) is 4.96. The quantitative estimate of drug-likeness (QED) is 0.920. The summed E-state index contributed by atoms with van der Waals surface area (Å²) in [6.07, 6.45) is 5.24. The molecule has 3 rings (SSSR count). The topological polar surface area (TPSA) is 32.3 Å². The Morgan fingerprint density at radius 1 is 1.27 bits per heavy atom. The second-order valence-electron chi connectivity index (χ2n) is 6.55. The third kappa shape index (κ3) is 4.02. The monoisotopic (exact) mass is 322 g/mol. The summed E-state index contributed by atoms with van der Waals surface area (Å²) in [7, 11) is 0. The molecule has 0 radical (unpaired) electrons. The summed E-state index contributed by atoms with van der Waals surface area (Å²) in [5.41, 5.74) is 2.58. The van der Waals surface area contributed by atoms with Crippen molar-refractivity contribution in [1.82, 2.24) is 10.2 Å². The van der Waals surface area contributed by atoms with Crippen LogP contribution in [-0.2, 0) is 4.79 Å². The molecule has 3 nitrogen and oxygen atoms in total. The minimum atomic E-state index is 0. The van der Waals surface area contributed by atoms with E-state index in [4.69, 9.17) is 0 Å². The van der Waals surface area contributed by atoms with E-state index in [1.54, 1.807) is 0 Å². The van der Waals surface area contributed by atoms with E-state index in [-0.39, 0.29) is 12.4 Å². The van der Waals surface area contributed by atoms with Crippen molar-refractivity contribution in [3.05, 3.63) is 35.4 Å². The van der Waals surface area contributed by atoms with Crippen molar-refractivity contribution < 1.29 is 4.79 Å². The Labute approximate surface area is 139 Å². The maximum atomic E-state index is 12.6. The number of nitrogens with one attached hydrogen (secondary N) is 1. The molecule has 0 saturated carbocycles. The largest absolute Gasteiger partial charge is 0.336 e. The van der Waals surface area contributed by atoms with Gasteiger partial charge in [0, 0.05) is 13.0 Å². The van der Waals surface area contributed by atoms with E-state index in [0.717, 1.165) is 38.9 Å². The van der Waals surface area contributed by atoms with Crippen LogP contribution < -0.4 is 5.32 Å². The van der Waals surface area contributed by atoms with Gasteiger partial charge in [0.2, 0.25) is 5.91 Å². The van der Waals surface area contributed by atoms with Gasteiger partial charge in [0.25, 0.3) is 0 Å². The van der Waals surface area contributed by atoms with Crippen LogP contribution in [0.5, 0.6) is 0 Å². The number of halogens is 1. The first kappa shape index (κ1) is 17.3. The number of benzene rings is 1. The lowest BCUT2D eigenvalue weighted by Crippen LogP contribution is -2.30.